The summed E-state index contributed by atoms with van der Waals surface area (Å²) in [5.74, 6) is 1.90. The quantitative estimate of drug-likeness (QED) is 0.816. The van der Waals surface area contributed by atoms with Gasteiger partial charge in [-0.2, -0.15) is 0 Å². The molecule has 0 aromatic carbocycles. The van der Waals surface area contributed by atoms with Gasteiger partial charge in [-0.3, -0.25) is 4.79 Å². The van der Waals surface area contributed by atoms with Gasteiger partial charge in [-0.05, 0) is 56.3 Å². The van der Waals surface area contributed by atoms with Crippen LogP contribution in [0.5, 0.6) is 0 Å². The minimum Gasteiger partial charge on any atom is -0.467 e. The molecule has 124 valence electrons. The van der Waals surface area contributed by atoms with E-state index in [0.29, 0.717) is 0 Å². The molecule has 0 heterocycles. The number of esters is 1. The van der Waals surface area contributed by atoms with E-state index in [2.05, 4.69) is 5.32 Å². The van der Waals surface area contributed by atoms with Crippen molar-refractivity contribution in [2.75, 3.05) is 7.11 Å². The molecule has 1 amide bonds. The third kappa shape index (κ3) is 2.65. The van der Waals surface area contributed by atoms with E-state index in [1.54, 1.807) is 0 Å². The number of hydrogen-bond donors (Lipinski definition) is 1. The maximum Gasteiger partial charge on any atom is 0.328 e. The van der Waals surface area contributed by atoms with Gasteiger partial charge in [-0.25, -0.2) is 4.79 Å². The molecule has 22 heavy (non-hydrogen) atoms. The highest BCUT2D eigenvalue weighted by molar-refractivity contribution is 5.87. The highest BCUT2D eigenvalue weighted by atomic mass is 16.5. The van der Waals surface area contributed by atoms with Crippen molar-refractivity contribution in [3.05, 3.63) is 0 Å². The van der Waals surface area contributed by atoms with E-state index in [9.17, 15) is 9.59 Å². The molecule has 0 radical (unpaired) electrons. The Balaban J connectivity index is 1.86. The molecule has 0 saturated heterocycles. The lowest BCUT2D eigenvalue weighted by Gasteiger charge is -2.58. The van der Waals surface area contributed by atoms with E-state index in [-0.39, 0.29) is 17.3 Å². The number of methoxy groups -OCH3 is 1. The smallest absolute Gasteiger partial charge is 0.328 e. The summed E-state index contributed by atoms with van der Waals surface area (Å²) in [7, 11) is 1.43. The predicted molar refractivity (Wildman–Crippen MR) is 84.0 cm³/mol. The first-order valence-electron chi connectivity index (χ1n) is 8.62. The van der Waals surface area contributed by atoms with Crippen molar-refractivity contribution in [3.63, 3.8) is 0 Å². The van der Waals surface area contributed by atoms with Crippen LogP contribution in [-0.4, -0.2) is 25.0 Å². The molecular weight excluding hydrogens is 278 g/mol. The summed E-state index contributed by atoms with van der Waals surface area (Å²) in [6.45, 7) is 5.66. The molecule has 4 fully saturated rings. The third-order valence-corrected chi connectivity index (χ3v) is 6.09. The molecule has 4 bridgehead atoms. The number of ether oxygens (including phenoxy) is 1. The van der Waals surface area contributed by atoms with Crippen molar-refractivity contribution in [2.45, 2.75) is 65.3 Å². The van der Waals surface area contributed by atoms with Gasteiger partial charge in [0.2, 0.25) is 5.91 Å². The fourth-order valence-electron chi connectivity index (χ4n) is 5.46. The van der Waals surface area contributed by atoms with Crippen molar-refractivity contribution in [3.8, 4) is 0 Å². The normalized spacial score (nSPS) is 37.7. The van der Waals surface area contributed by atoms with Crippen LogP contribution in [0.4, 0.5) is 0 Å². The number of hydrogen-bond acceptors (Lipinski definition) is 3. The molecule has 4 saturated carbocycles. The third-order valence-electron chi connectivity index (χ3n) is 6.09. The topological polar surface area (TPSA) is 55.4 Å². The lowest BCUT2D eigenvalue weighted by Crippen LogP contribution is -2.61. The van der Waals surface area contributed by atoms with Crippen LogP contribution in [-0.2, 0) is 14.3 Å². The van der Waals surface area contributed by atoms with Crippen LogP contribution in [0.3, 0.4) is 0 Å². The highest BCUT2D eigenvalue weighted by Gasteiger charge is 2.57. The first kappa shape index (κ1) is 15.8. The Morgan fingerprint density at radius 3 is 1.86 bits per heavy atom. The molecule has 4 nitrogen and oxygen atoms in total. The van der Waals surface area contributed by atoms with Crippen molar-refractivity contribution in [1.82, 2.24) is 5.32 Å². The van der Waals surface area contributed by atoms with E-state index in [4.69, 9.17) is 4.74 Å². The maximum absolute atomic E-state index is 12.5. The van der Waals surface area contributed by atoms with Gasteiger partial charge in [-0.15, -0.1) is 0 Å². The number of nitrogens with one attached hydrogen (secondary N) is 1. The van der Waals surface area contributed by atoms with Gasteiger partial charge in [0, 0.05) is 10.8 Å². The van der Waals surface area contributed by atoms with Crippen molar-refractivity contribution < 1.29 is 14.3 Å². The zero-order valence-electron chi connectivity index (χ0n) is 14.3. The Kier molecular flexibility index (Phi) is 3.77. The Morgan fingerprint density at radius 2 is 1.50 bits per heavy atom. The fourth-order valence-corrected chi connectivity index (χ4v) is 5.46. The molecule has 4 rings (SSSR count). The van der Waals surface area contributed by atoms with Crippen molar-refractivity contribution in [2.24, 2.45) is 28.6 Å². The molecule has 0 aliphatic heterocycles. The molecule has 0 aromatic heterocycles. The van der Waals surface area contributed by atoms with E-state index < -0.39 is 11.5 Å². The number of rotatable bonds is 3. The second-order valence-corrected chi connectivity index (χ2v) is 8.96. The molecule has 4 aliphatic carbocycles. The van der Waals surface area contributed by atoms with E-state index in [1.807, 2.05) is 20.8 Å². The largest absolute Gasteiger partial charge is 0.467 e. The average Bonchev–Trinajstić information content (AvgIpc) is 2.40. The Bertz CT molecular complexity index is 442. The van der Waals surface area contributed by atoms with Crippen LogP contribution in [0, 0.1) is 28.6 Å². The van der Waals surface area contributed by atoms with Gasteiger partial charge in [-0.1, -0.05) is 20.8 Å². The maximum atomic E-state index is 12.5. The molecule has 0 unspecified atom stereocenters. The molecule has 4 heteroatoms. The van der Waals surface area contributed by atoms with Crippen LogP contribution >= 0.6 is 0 Å². The van der Waals surface area contributed by atoms with Crippen LogP contribution < -0.4 is 5.32 Å². The first-order valence-corrected chi connectivity index (χ1v) is 8.62. The lowest BCUT2D eigenvalue weighted by atomic mass is 9.47. The minimum atomic E-state index is -0.492. The first-order chi connectivity index (χ1) is 10.2. The second kappa shape index (κ2) is 5.24. The average molecular weight is 307 g/mol. The van der Waals surface area contributed by atoms with E-state index >= 15 is 0 Å². The van der Waals surface area contributed by atoms with Crippen LogP contribution in [0.25, 0.3) is 0 Å². The van der Waals surface area contributed by atoms with Crippen LogP contribution in [0.2, 0.25) is 0 Å². The molecule has 4 aliphatic rings. The summed E-state index contributed by atoms with van der Waals surface area (Å²) in [6.07, 6.45) is 7.18. The van der Waals surface area contributed by atoms with Gasteiger partial charge in [0.25, 0.3) is 0 Å². The van der Waals surface area contributed by atoms with Gasteiger partial charge < -0.3 is 10.1 Å². The van der Waals surface area contributed by atoms with Crippen molar-refractivity contribution >= 4 is 11.9 Å². The number of amides is 1. The van der Waals surface area contributed by atoms with E-state index in [0.717, 1.165) is 37.0 Å². The summed E-state index contributed by atoms with van der Waals surface area (Å²) in [6, 6.07) is -0.474. The molecule has 1 atom stereocenters. The summed E-state index contributed by atoms with van der Waals surface area (Å²) in [5.41, 5.74) is -0.558. The zero-order chi connectivity index (χ0) is 16.1. The Labute approximate surface area is 133 Å². The van der Waals surface area contributed by atoms with E-state index in [1.165, 1.54) is 26.4 Å². The summed E-state index contributed by atoms with van der Waals surface area (Å²) in [4.78, 5) is 24.9. The van der Waals surface area contributed by atoms with Crippen LogP contribution in [0.1, 0.15) is 59.3 Å². The second-order valence-electron chi connectivity index (χ2n) is 8.96. The Hall–Kier alpha value is -1.06. The van der Waals surface area contributed by atoms with Crippen molar-refractivity contribution in [1.29, 1.82) is 0 Å². The highest BCUT2D eigenvalue weighted by Crippen LogP contribution is 2.61. The minimum absolute atomic E-state index is 0.0568. The summed E-state index contributed by atoms with van der Waals surface area (Å²) >= 11 is 0. The lowest BCUT2D eigenvalue weighted by molar-refractivity contribution is -0.158. The zero-order valence-corrected chi connectivity index (χ0v) is 14.3. The number of carbonyl (C=O) groups excluding carboxylic acids is 2. The van der Waals surface area contributed by atoms with Gasteiger partial charge >= 0.3 is 5.97 Å². The molecule has 0 spiro atoms. The Morgan fingerprint density at radius 1 is 1.05 bits per heavy atom. The van der Waals surface area contributed by atoms with Crippen LogP contribution in [0.15, 0.2) is 0 Å². The SMILES string of the molecule is COC(=O)[C@@H](NC(=O)C(C)(C)C)C12CC3CC(CC(C3)C1)C2. The summed E-state index contributed by atoms with van der Waals surface area (Å²) < 4.78 is 5.06. The summed E-state index contributed by atoms with van der Waals surface area (Å²) in [5, 5.41) is 3.05. The predicted octanol–water partition coefficient (Wildman–Crippen LogP) is 2.91. The number of carbonyl (C=O) groups is 2. The van der Waals surface area contributed by atoms with Gasteiger partial charge in [0.1, 0.15) is 6.04 Å². The molecule has 1 N–H and O–H groups in total. The molecule has 0 aromatic rings. The fraction of sp³-hybridized carbons (Fsp3) is 0.889. The molecular formula is C18H29NO3. The monoisotopic (exact) mass is 307 g/mol. The van der Waals surface area contributed by atoms with Gasteiger partial charge in [0.15, 0.2) is 0 Å². The standard InChI is InChI=1S/C18H29NO3/c1-17(2,3)16(21)19-14(15(20)22-4)18-8-11-5-12(9-18)7-13(6-11)10-18/h11-14H,5-10H2,1-4H3,(H,19,21)/t11?,12?,13?,14-,18?/m1/s1. The van der Waals surface area contributed by atoms with Gasteiger partial charge in [0.05, 0.1) is 7.11 Å².